The highest BCUT2D eigenvalue weighted by molar-refractivity contribution is 6.29. The van der Waals surface area contributed by atoms with E-state index in [1.54, 1.807) is 6.07 Å². The van der Waals surface area contributed by atoms with E-state index >= 15 is 0 Å². The van der Waals surface area contributed by atoms with E-state index in [2.05, 4.69) is 35.7 Å². The zero-order valence-corrected chi connectivity index (χ0v) is 14.7. The molecule has 0 aliphatic heterocycles. The van der Waals surface area contributed by atoms with Crippen LogP contribution < -0.4 is 11.1 Å². The molecule has 0 saturated carbocycles. The third kappa shape index (κ3) is 4.81. The summed E-state index contributed by atoms with van der Waals surface area (Å²) in [7, 11) is 0. The standard InChI is InChI=1S/C21H21ClN2O/c22-20-6-1-3-16(11-20)14-24-13-15-7-9-17(10-8-15)18-4-2-5-19(12-18)21(23)25/h2-5,7-12,24H,1,6,13-14H2,(H2,23,25). The largest absolute Gasteiger partial charge is 0.366 e. The molecule has 25 heavy (non-hydrogen) atoms. The summed E-state index contributed by atoms with van der Waals surface area (Å²) >= 11 is 6.08. The Bertz CT molecular complexity index is 822. The van der Waals surface area contributed by atoms with Crippen molar-refractivity contribution in [2.45, 2.75) is 19.4 Å². The highest BCUT2D eigenvalue weighted by Crippen LogP contribution is 2.22. The van der Waals surface area contributed by atoms with Crippen LogP contribution in [0.4, 0.5) is 0 Å². The lowest BCUT2D eigenvalue weighted by Crippen LogP contribution is -2.16. The second kappa shape index (κ2) is 8.15. The van der Waals surface area contributed by atoms with Gasteiger partial charge in [0, 0.05) is 23.7 Å². The summed E-state index contributed by atoms with van der Waals surface area (Å²) in [5, 5.41) is 4.37. The average molecular weight is 353 g/mol. The van der Waals surface area contributed by atoms with Gasteiger partial charge in [-0.1, -0.05) is 54.1 Å². The average Bonchev–Trinajstić information content (AvgIpc) is 2.62. The van der Waals surface area contributed by atoms with Crippen LogP contribution >= 0.6 is 11.6 Å². The van der Waals surface area contributed by atoms with Crippen molar-refractivity contribution in [3.05, 3.63) is 82.4 Å². The number of nitrogens with one attached hydrogen (secondary N) is 1. The van der Waals surface area contributed by atoms with Gasteiger partial charge in [0.2, 0.25) is 5.91 Å². The number of halogens is 1. The van der Waals surface area contributed by atoms with Gasteiger partial charge in [-0.2, -0.15) is 0 Å². The molecule has 1 aliphatic rings. The lowest BCUT2D eigenvalue weighted by Gasteiger charge is -2.11. The van der Waals surface area contributed by atoms with Gasteiger partial charge in [0.05, 0.1) is 0 Å². The maximum Gasteiger partial charge on any atom is 0.248 e. The zero-order chi connectivity index (χ0) is 17.6. The molecule has 3 N–H and O–H groups in total. The minimum Gasteiger partial charge on any atom is -0.366 e. The smallest absolute Gasteiger partial charge is 0.248 e. The van der Waals surface area contributed by atoms with E-state index < -0.39 is 5.91 Å². The molecule has 1 aliphatic carbocycles. The summed E-state index contributed by atoms with van der Waals surface area (Å²) in [6, 6.07) is 15.7. The third-order valence-electron chi connectivity index (χ3n) is 4.22. The number of hydrogen-bond acceptors (Lipinski definition) is 2. The lowest BCUT2D eigenvalue weighted by atomic mass is 10.0. The molecule has 0 radical (unpaired) electrons. The first kappa shape index (κ1) is 17.5. The maximum absolute atomic E-state index is 11.3. The number of carbonyl (C=O) groups excluding carboxylic acids is 1. The lowest BCUT2D eigenvalue weighted by molar-refractivity contribution is 0.100. The van der Waals surface area contributed by atoms with Crippen LogP contribution in [-0.4, -0.2) is 12.5 Å². The second-order valence-corrected chi connectivity index (χ2v) is 6.64. The van der Waals surface area contributed by atoms with Crippen LogP contribution in [-0.2, 0) is 6.54 Å². The van der Waals surface area contributed by atoms with Crippen LogP contribution in [0.1, 0.15) is 28.8 Å². The van der Waals surface area contributed by atoms with E-state index in [0.717, 1.165) is 42.1 Å². The van der Waals surface area contributed by atoms with Crippen molar-refractivity contribution < 1.29 is 4.79 Å². The van der Waals surface area contributed by atoms with Gasteiger partial charge >= 0.3 is 0 Å². The van der Waals surface area contributed by atoms with E-state index in [9.17, 15) is 4.79 Å². The first-order chi connectivity index (χ1) is 12.1. The van der Waals surface area contributed by atoms with Crippen LogP contribution in [0.25, 0.3) is 11.1 Å². The summed E-state index contributed by atoms with van der Waals surface area (Å²) in [6.07, 6.45) is 6.25. The number of allylic oxidation sites excluding steroid dienone is 2. The number of hydrogen-bond donors (Lipinski definition) is 2. The Labute approximate surface area is 153 Å². The number of nitrogens with two attached hydrogens (primary N) is 1. The molecule has 0 aromatic heterocycles. The summed E-state index contributed by atoms with van der Waals surface area (Å²) in [5.41, 5.74) is 10.4. The van der Waals surface area contributed by atoms with Gasteiger partial charge < -0.3 is 11.1 Å². The molecule has 0 unspecified atom stereocenters. The number of primary amides is 1. The molecule has 0 saturated heterocycles. The van der Waals surface area contributed by atoms with E-state index in [-0.39, 0.29) is 0 Å². The van der Waals surface area contributed by atoms with Crippen molar-refractivity contribution in [3.8, 4) is 11.1 Å². The molecular formula is C21H21ClN2O. The molecular weight excluding hydrogens is 332 g/mol. The van der Waals surface area contributed by atoms with Crippen molar-refractivity contribution in [3.63, 3.8) is 0 Å². The fourth-order valence-corrected chi connectivity index (χ4v) is 3.12. The topological polar surface area (TPSA) is 55.1 Å². The molecule has 4 heteroatoms. The van der Waals surface area contributed by atoms with Gasteiger partial charge in [0.15, 0.2) is 0 Å². The van der Waals surface area contributed by atoms with Gasteiger partial charge in [-0.25, -0.2) is 0 Å². The summed E-state index contributed by atoms with van der Waals surface area (Å²) in [6.45, 7) is 1.61. The van der Waals surface area contributed by atoms with Crippen molar-refractivity contribution in [2.24, 2.45) is 5.73 Å². The van der Waals surface area contributed by atoms with Crippen LogP contribution in [0, 0.1) is 0 Å². The Balaban J connectivity index is 1.60. The fourth-order valence-electron chi connectivity index (χ4n) is 2.87. The van der Waals surface area contributed by atoms with Gasteiger partial charge in [-0.3, -0.25) is 4.79 Å². The minimum atomic E-state index is -0.408. The van der Waals surface area contributed by atoms with E-state index in [1.807, 2.05) is 24.3 Å². The Morgan fingerprint density at radius 1 is 1.08 bits per heavy atom. The fraction of sp³-hybridized carbons (Fsp3) is 0.190. The first-order valence-electron chi connectivity index (χ1n) is 8.37. The molecule has 2 aromatic rings. The molecule has 128 valence electrons. The zero-order valence-electron chi connectivity index (χ0n) is 14.0. The van der Waals surface area contributed by atoms with Gasteiger partial charge in [0.25, 0.3) is 0 Å². The highest BCUT2D eigenvalue weighted by Gasteiger charge is 2.05. The molecule has 0 atom stereocenters. The minimum absolute atomic E-state index is 0.408. The first-order valence-corrected chi connectivity index (χ1v) is 8.74. The number of amides is 1. The molecule has 1 amide bonds. The third-order valence-corrected chi connectivity index (χ3v) is 4.52. The molecule has 0 spiro atoms. The van der Waals surface area contributed by atoms with Crippen LogP contribution in [0.3, 0.4) is 0 Å². The van der Waals surface area contributed by atoms with Gasteiger partial charge in [-0.15, -0.1) is 0 Å². The Hall–Kier alpha value is -2.36. The van der Waals surface area contributed by atoms with Gasteiger partial charge in [-0.05, 0) is 53.3 Å². The summed E-state index contributed by atoms with van der Waals surface area (Å²) < 4.78 is 0. The maximum atomic E-state index is 11.3. The molecule has 0 fully saturated rings. The SMILES string of the molecule is NC(=O)c1cccc(-c2ccc(CNCC3=CCCC(Cl)=C3)cc2)c1. The van der Waals surface area contributed by atoms with Crippen molar-refractivity contribution >= 4 is 17.5 Å². The van der Waals surface area contributed by atoms with E-state index in [1.165, 1.54) is 11.1 Å². The Kier molecular flexibility index (Phi) is 5.69. The molecule has 0 heterocycles. The van der Waals surface area contributed by atoms with E-state index in [0.29, 0.717) is 5.56 Å². The summed E-state index contributed by atoms with van der Waals surface area (Å²) in [4.78, 5) is 11.3. The second-order valence-electron chi connectivity index (χ2n) is 6.15. The predicted octanol–water partition coefficient (Wildman–Crippen LogP) is 4.39. The van der Waals surface area contributed by atoms with Crippen LogP contribution in [0.5, 0.6) is 0 Å². The summed E-state index contributed by atoms with van der Waals surface area (Å²) in [5.74, 6) is -0.408. The Morgan fingerprint density at radius 3 is 2.60 bits per heavy atom. The number of carbonyl (C=O) groups is 1. The van der Waals surface area contributed by atoms with Crippen molar-refractivity contribution in [1.82, 2.24) is 5.32 Å². The quantitative estimate of drug-likeness (QED) is 0.810. The molecule has 3 rings (SSSR count). The molecule has 2 aromatic carbocycles. The number of benzene rings is 2. The van der Waals surface area contributed by atoms with Crippen LogP contribution in [0.15, 0.2) is 71.3 Å². The normalized spacial score (nSPS) is 14.0. The number of rotatable bonds is 6. The highest BCUT2D eigenvalue weighted by atomic mass is 35.5. The molecule has 3 nitrogen and oxygen atoms in total. The van der Waals surface area contributed by atoms with Crippen molar-refractivity contribution in [1.29, 1.82) is 0 Å². The Morgan fingerprint density at radius 2 is 1.88 bits per heavy atom. The van der Waals surface area contributed by atoms with E-state index in [4.69, 9.17) is 17.3 Å². The van der Waals surface area contributed by atoms with Crippen molar-refractivity contribution in [2.75, 3.05) is 6.54 Å². The molecule has 0 bridgehead atoms. The predicted molar refractivity (Wildman–Crippen MR) is 103 cm³/mol. The van der Waals surface area contributed by atoms with Crippen LogP contribution in [0.2, 0.25) is 0 Å². The van der Waals surface area contributed by atoms with Gasteiger partial charge in [0.1, 0.15) is 0 Å². The monoisotopic (exact) mass is 352 g/mol.